The van der Waals surface area contributed by atoms with Crippen molar-refractivity contribution in [3.8, 4) is 11.4 Å². The predicted molar refractivity (Wildman–Crippen MR) is 128 cm³/mol. The number of nitrogens with zero attached hydrogens (tertiary/aromatic N) is 3. The lowest BCUT2D eigenvalue weighted by Crippen LogP contribution is -2.40. The van der Waals surface area contributed by atoms with Crippen LogP contribution in [0.5, 0.6) is 5.75 Å². The van der Waals surface area contributed by atoms with Crippen molar-refractivity contribution in [2.75, 3.05) is 32.8 Å². The van der Waals surface area contributed by atoms with Gasteiger partial charge in [0, 0.05) is 25.7 Å². The Morgan fingerprint density at radius 3 is 2.51 bits per heavy atom. The summed E-state index contributed by atoms with van der Waals surface area (Å²) in [5, 5.41) is 16.8. The first-order valence-corrected chi connectivity index (χ1v) is 12.5. The molecular formula is C24H26N4O6S. The summed E-state index contributed by atoms with van der Waals surface area (Å²) in [5.74, 6) is -1.13. The van der Waals surface area contributed by atoms with Crippen LogP contribution in [-0.2, 0) is 21.2 Å². The number of morpholine rings is 1. The molecule has 3 aromatic rings. The lowest BCUT2D eigenvalue weighted by Gasteiger charge is -2.26. The molecule has 0 atom stereocenters. The van der Waals surface area contributed by atoms with Gasteiger partial charge in [0.25, 0.3) is 11.5 Å². The van der Waals surface area contributed by atoms with E-state index in [2.05, 4.69) is 10.4 Å². The third-order valence-corrected chi connectivity index (χ3v) is 7.52. The van der Waals surface area contributed by atoms with Crippen molar-refractivity contribution < 1.29 is 23.1 Å². The van der Waals surface area contributed by atoms with Crippen LogP contribution in [-0.4, -0.2) is 66.4 Å². The van der Waals surface area contributed by atoms with Gasteiger partial charge in [-0.3, -0.25) is 9.59 Å². The van der Waals surface area contributed by atoms with Gasteiger partial charge >= 0.3 is 0 Å². The Hall–Kier alpha value is -3.54. The van der Waals surface area contributed by atoms with Gasteiger partial charge in [0.05, 0.1) is 23.8 Å². The molecule has 11 heteroatoms. The third-order valence-electron chi connectivity index (χ3n) is 5.60. The van der Waals surface area contributed by atoms with Crippen LogP contribution in [0.1, 0.15) is 21.6 Å². The first-order chi connectivity index (χ1) is 16.8. The Morgan fingerprint density at radius 1 is 1.11 bits per heavy atom. The average molecular weight is 499 g/mol. The highest BCUT2D eigenvalue weighted by Gasteiger charge is 2.26. The fourth-order valence-corrected chi connectivity index (χ4v) is 5.13. The van der Waals surface area contributed by atoms with Crippen LogP contribution in [0.25, 0.3) is 5.69 Å². The highest BCUT2D eigenvalue weighted by Crippen LogP contribution is 2.18. The molecule has 10 nitrogen and oxygen atoms in total. The van der Waals surface area contributed by atoms with E-state index < -0.39 is 27.2 Å². The van der Waals surface area contributed by atoms with E-state index in [-0.39, 0.29) is 17.1 Å². The highest BCUT2D eigenvalue weighted by atomic mass is 32.2. The van der Waals surface area contributed by atoms with Crippen LogP contribution in [0.2, 0.25) is 0 Å². The van der Waals surface area contributed by atoms with Crippen LogP contribution < -0.4 is 10.9 Å². The van der Waals surface area contributed by atoms with Crippen molar-refractivity contribution >= 4 is 15.9 Å². The molecule has 1 aromatic heterocycles. The quantitative estimate of drug-likeness (QED) is 0.501. The van der Waals surface area contributed by atoms with Gasteiger partial charge in [-0.1, -0.05) is 24.3 Å². The fraction of sp³-hybridized carbons (Fsp3) is 0.292. The maximum absolute atomic E-state index is 12.7. The third kappa shape index (κ3) is 5.59. The molecular weight excluding hydrogens is 472 g/mol. The minimum Gasteiger partial charge on any atom is -0.505 e. The first kappa shape index (κ1) is 24.6. The van der Waals surface area contributed by atoms with Crippen molar-refractivity contribution in [3.05, 3.63) is 81.8 Å². The number of carbonyl (C=O) groups is 1. The van der Waals surface area contributed by atoms with Crippen molar-refractivity contribution in [2.24, 2.45) is 0 Å². The number of nitrogens with one attached hydrogen (secondary N) is 1. The molecule has 2 aromatic carbocycles. The molecule has 1 aliphatic heterocycles. The van der Waals surface area contributed by atoms with Gasteiger partial charge in [-0.2, -0.15) is 14.1 Å². The van der Waals surface area contributed by atoms with Crippen LogP contribution in [0, 0.1) is 6.92 Å². The van der Waals surface area contributed by atoms with Gasteiger partial charge < -0.3 is 15.2 Å². The van der Waals surface area contributed by atoms with Gasteiger partial charge in [0.2, 0.25) is 10.0 Å². The normalized spacial score (nSPS) is 14.5. The predicted octanol–water partition coefficient (Wildman–Crippen LogP) is 1.24. The summed E-state index contributed by atoms with van der Waals surface area (Å²) in [6.45, 7) is 3.50. The second-order valence-corrected chi connectivity index (χ2v) is 10.1. The highest BCUT2D eigenvalue weighted by molar-refractivity contribution is 7.89. The van der Waals surface area contributed by atoms with Gasteiger partial charge in [0.1, 0.15) is 0 Å². The van der Waals surface area contributed by atoms with E-state index >= 15 is 0 Å². The monoisotopic (exact) mass is 498 g/mol. The number of rotatable bonds is 7. The zero-order chi connectivity index (χ0) is 25.0. The lowest BCUT2D eigenvalue weighted by molar-refractivity contribution is 0.0730. The minimum atomic E-state index is -3.57. The summed E-state index contributed by atoms with van der Waals surface area (Å²) < 4.78 is 33.1. The number of amides is 1. The summed E-state index contributed by atoms with van der Waals surface area (Å²) in [4.78, 5) is 25.1. The molecule has 4 rings (SSSR count). The smallest absolute Gasteiger partial charge is 0.275 e. The number of sulfonamides is 1. The molecule has 0 bridgehead atoms. The molecule has 184 valence electrons. The van der Waals surface area contributed by atoms with Crippen molar-refractivity contribution in [1.82, 2.24) is 19.4 Å². The first-order valence-electron chi connectivity index (χ1n) is 11.1. The summed E-state index contributed by atoms with van der Waals surface area (Å²) in [6, 6.07) is 14.5. The van der Waals surface area contributed by atoms with Gasteiger partial charge in [0.15, 0.2) is 11.4 Å². The summed E-state index contributed by atoms with van der Waals surface area (Å²) in [7, 11) is -3.57. The van der Waals surface area contributed by atoms with E-state index in [1.54, 1.807) is 42.5 Å². The summed E-state index contributed by atoms with van der Waals surface area (Å²) in [5.41, 5.74) is 1.40. The molecule has 1 amide bonds. The molecule has 1 aliphatic rings. The largest absolute Gasteiger partial charge is 0.505 e. The van der Waals surface area contributed by atoms with Crippen LogP contribution in [0.4, 0.5) is 0 Å². The maximum Gasteiger partial charge on any atom is 0.275 e. The molecule has 1 saturated heterocycles. The van der Waals surface area contributed by atoms with Crippen LogP contribution in [0.15, 0.2) is 64.3 Å². The minimum absolute atomic E-state index is 0.208. The van der Waals surface area contributed by atoms with Crippen LogP contribution in [0.3, 0.4) is 0 Å². The van der Waals surface area contributed by atoms with Crippen molar-refractivity contribution in [1.29, 1.82) is 0 Å². The maximum atomic E-state index is 12.7. The summed E-state index contributed by atoms with van der Waals surface area (Å²) in [6.07, 6.45) is 0.432. The van der Waals surface area contributed by atoms with E-state index in [1.165, 1.54) is 4.31 Å². The standard InChI is InChI=1S/C24H26N4O6S/c1-17-3-2-4-19(15-17)28-22(30)16-21(29)23(26-28)24(31)25-10-9-18-5-7-20(8-6-18)35(32,33)27-11-13-34-14-12-27/h2-8,15-16,29H,9-14H2,1H3,(H,25,31). The molecule has 0 unspecified atom stereocenters. The Kier molecular flexibility index (Phi) is 7.29. The Morgan fingerprint density at radius 2 is 1.83 bits per heavy atom. The number of ether oxygens (including phenoxy) is 1. The molecule has 0 aliphatic carbocycles. The molecule has 2 heterocycles. The summed E-state index contributed by atoms with van der Waals surface area (Å²) >= 11 is 0. The number of aromatic hydroxyl groups is 1. The van der Waals surface area contributed by atoms with Crippen molar-refractivity contribution in [3.63, 3.8) is 0 Å². The average Bonchev–Trinajstić information content (AvgIpc) is 2.85. The molecule has 35 heavy (non-hydrogen) atoms. The SMILES string of the molecule is Cc1cccc(-n2nc(C(=O)NCCc3ccc(S(=O)(=O)N4CCOCC4)cc3)c(O)cc2=O)c1. The van der Waals surface area contributed by atoms with E-state index in [0.29, 0.717) is 38.4 Å². The number of benzene rings is 2. The number of aromatic nitrogens is 2. The molecule has 0 saturated carbocycles. The number of hydrogen-bond acceptors (Lipinski definition) is 7. The van der Waals surface area contributed by atoms with E-state index in [9.17, 15) is 23.1 Å². The lowest BCUT2D eigenvalue weighted by atomic mass is 10.1. The van der Waals surface area contributed by atoms with Gasteiger partial charge in [-0.05, 0) is 48.7 Å². The van der Waals surface area contributed by atoms with E-state index in [1.807, 2.05) is 13.0 Å². The van der Waals surface area contributed by atoms with Gasteiger partial charge in [-0.25, -0.2) is 8.42 Å². The Bertz CT molecular complexity index is 1380. The van der Waals surface area contributed by atoms with Crippen LogP contribution >= 0.6 is 0 Å². The topological polar surface area (TPSA) is 131 Å². The number of carbonyl (C=O) groups excluding carboxylic acids is 1. The Labute approximate surface area is 202 Å². The number of hydrogen-bond donors (Lipinski definition) is 2. The molecule has 1 fully saturated rings. The molecule has 2 N–H and O–H groups in total. The zero-order valence-corrected chi connectivity index (χ0v) is 20.0. The second-order valence-electron chi connectivity index (χ2n) is 8.13. The zero-order valence-electron chi connectivity index (χ0n) is 19.2. The fourth-order valence-electron chi connectivity index (χ4n) is 3.72. The molecule has 0 radical (unpaired) electrons. The molecule has 0 spiro atoms. The second kappa shape index (κ2) is 10.4. The van der Waals surface area contributed by atoms with Gasteiger partial charge in [-0.15, -0.1) is 0 Å². The van der Waals surface area contributed by atoms with Crippen molar-refractivity contribution in [2.45, 2.75) is 18.2 Å². The van der Waals surface area contributed by atoms with E-state index in [4.69, 9.17) is 4.74 Å². The Balaban J connectivity index is 1.40. The number of aryl methyl sites for hydroxylation is 1. The van der Waals surface area contributed by atoms with E-state index in [0.717, 1.165) is 21.9 Å².